The largest absolute Gasteiger partial charge is 0.335 e. The lowest BCUT2D eigenvalue weighted by atomic mass is 9.85. The summed E-state index contributed by atoms with van der Waals surface area (Å²) < 4.78 is 0. The van der Waals surface area contributed by atoms with E-state index in [9.17, 15) is 14.4 Å². The van der Waals surface area contributed by atoms with Crippen molar-refractivity contribution in [2.24, 2.45) is 5.92 Å². The van der Waals surface area contributed by atoms with E-state index < -0.39 is 17.8 Å². The summed E-state index contributed by atoms with van der Waals surface area (Å²) in [5.41, 5.74) is 2.38. The van der Waals surface area contributed by atoms with Gasteiger partial charge in [-0.3, -0.25) is 19.4 Å². The van der Waals surface area contributed by atoms with Gasteiger partial charge >= 0.3 is 17.8 Å². The summed E-state index contributed by atoms with van der Waals surface area (Å²) in [5, 5.41) is 0. The van der Waals surface area contributed by atoms with Crippen LogP contribution < -0.4 is 0 Å². The lowest BCUT2D eigenvalue weighted by Crippen LogP contribution is -2.46. The molecule has 0 radical (unpaired) electrons. The maximum Gasteiger partial charge on any atom is 0.335 e. The highest BCUT2D eigenvalue weighted by molar-refractivity contribution is 6.44. The van der Waals surface area contributed by atoms with E-state index in [1.54, 1.807) is 0 Å². The van der Waals surface area contributed by atoms with Crippen LogP contribution >= 0.6 is 0 Å². The smallest absolute Gasteiger partial charge is 0.284 e. The van der Waals surface area contributed by atoms with Gasteiger partial charge in [0.2, 0.25) is 0 Å². The first-order valence-electron chi connectivity index (χ1n) is 9.87. The minimum absolute atomic E-state index is 0.122. The molecule has 1 saturated heterocycles. The van der Waals surface area contributed by atoms with Crippen LogP contribution in [0.5, 0.6) is 0 Å². The van der Waals surface area contributed by atoms with E-state index in [4.69, 9.17) is 0 Å². The fraction of sp³-hybridized carbons (Fsp3) is 0.571. The molecule has 146 valence electrons. The van der Waals surface area contributed by atoms with E-state index in [1.165, 1.54) is 10.5 Å². The summed E-state index contributed by atoms with van der Waals surface area (Å²) in [6.07, 6.45) is 4.88. The molecule has 0 spiro atoms. The summed E-state index contributed by atoms with van der Waals surface area (Å²) in [6, 6.07) is 7.68. The van der Waals surface area contributed by atoms with Crippen molar-refractivity contribution < 1.29 is 14.4 Å². The van der Waals surface area contributed by atoms with Gasteiger partial charge < -0.3 is 0 Å². The summed E-state index contributed by atoms with van der Waals surface area (Å²) >= 11 is 0. The van der Waals surface area contributed by atoms with Crippen molar-refractivity contribution in [2.75, 3.05) is 13.7 Å². The Morgan fingerprint density at radius 1 is 1.00 bits per heavy atom. The second-order valence-corrected chi connectivity index (χ2v) is 7.85. The Labute approximate surface area is 161 Å². The molecule has 2 fully saturated rings. The Kier molecular flexibility index (Phi) is 5.95. The molecule has 0 N–H and O–H groups in total. The Bertz CT molecular complexity index is 716. The standard InChI is InChI=1S/C21H29N3O3/c1-4-16-9-11-17(12-10-16)13-22(3)14-23-19(25)20(26)24(21(23)27)18-8-6-5-7-15(18)2/h9-12,15,18H,4-8,13-14H2,1-3H3. The first-order chi connectivity index (χ1) is 12.9. The van der Waals surface area contributed by atoms with Crippen molar-refractivity contribution in [2.45, 2.75) is 58.5 Å². The monoisotopic (exact) mass is 371 g/mol. The molecule has 2 unspecified atom stereocenters. The summed E-state index contributed by atoms with van der Waals surface area (Å²) in [6.45, 7) is 4.90. The van der Waals surface area contributed by atoms with E-state index in [2.05, 4.69) is 38.1 Å². The molecule has 6 heteroatoms. The third-order valence-corrected chi connectivity index (χ3v) is 5.75. The number of urea groups is 1. The highest BCUT2D eigenvalue weighted by Gasteiger charge is 2.49. The van der Waals surface area contributed by atoms with Gasteiger partial charge in [0.25, 0.3) is 0 Å². The van der Waals surface area contributed by atoms with E-state index in [0.29, 0.717) is 6.54 Å². The Morgan fingerprint density at radius 2 is 1.63 bits per heavy atom. The zero-order valence-electron chi connectivity index (χ0n) is 16.5. The fourth-order valence-corrected chi connectivity index (χ4v) is 4.10. The number of aryl methyl sites for hydroxylation is 1. The molecule has 3 rings (SSSR count). The summed E-state index contributed by atoms with van der Waals surface area (Å²) in [4.78, 5) is 41.9. The molecule has 1 aliphatic carbocycles. The van der Waals surface area contributed by atoms with Crippen LogP contribution in [-0.2, 0) is 22.6 Å². The van der Waals surface area contributed by atoms with Crippen LogP contribution in [0.3, 0.4) is 0 Å². The molecule has 4 amide bonds. The van der Waals surface area contributed by atoms with E-state index in [1.807, 2.05) is 11.9 Å². The van der Waals surface area contributed by atoms with Gasteiger partial charge in [0, 0.05) is 12.6 Å². The van der Waals surface area contributed by atoms with Crippen molar-refractivity contribution >= 4 is 17.8 Å². The molecule has 0 bridgehead atoms. The quantitative estimate of drug-likeness (QED) is 0.570. The molecular weight excluding hydrogens is 342 g/mol. The topological polar surface area (TPSA) is 60.9 Å². The molecular formula is C21H29N3O3. The van der Waals surface area contributed by atoms with Crippen LogP contribution in [0.2, 0.25) is 0 Å². The molecule has 6 nitrogen and oxygen atoms in total. The lowest BCUT2D eigenvalue weighted by molar-refractivity contribution is -0.145. The molecule has 1 saturated carbocycles. The van der Waals surface area contributed by atoms with Crippen LogP contribution in [0.15, 0.2) is 24.3 Å². The van der Waals surface area contributed by atoms with Crippen molar-refractivity contribution in [3.63, 3.8) is 0 Å². The van der Waals surface area contributed by atoms with E-state index in [0.717, 1.165) is 42.6 Å². The van der Waals surface area contributed by atoms with Crippen molar-refractivity contribution in [3.05, 3.63) is 35.4 Å². The van der Waals surface area contributed by atoms with E-state index >= 15 is 0 Å². The molecule has 27 heavy (non-hydrogen) atoms. The molecule has 1 aromatic carbocycles. The average Bonchev–Trinajstić information content (AvgIpc) is 2.86. The Morgan fingerprint density at radius 3 is 2.26 bits per heavy atom. The number of carbonyl (C=O) groups excluding carboxylic acids is 3. The molecule has 2 aliphatic rings. The summed E-state index contributed by atoms with van der Waals surface area (Å²) in [7, 11) is 1.85. The lowest BCUT2D eigenvalue weighted by Gasteiger charge is -2.34. The van der Waals surface area contributed by atoms with Crippen LogP contribution in [0.25, 0.3) is 0 Å². The first-order valence-corrected chi connectivity index (χ1v) is 9.87. The highest BCUT2D eigenvalue weighted by Crippen LogP contribution is 2.31. The van der Waals surface area contributed by atoms with Gasteiger partial charge in [0.05, 0.1) is 6.67 Å². The maximum absolute atomic E-state index is 12.8. The number of rotatable bonds is 6. The van der Waals surface area contributed by atoms with Crippen molar-refractivity contribution in [1.29, 1.82) is 0 Å². The summed E-state index contributed by atoms with van der Waals surface area (Å²) in [5.74, 6) is -1.13. The van der Waals surface area contributed by atoms with Crippen molar-refractivity contribution in [1.82, 2.24) is 14.7 Å². The minimum Gasteiger partial charge on any atom is -0.284 e. The third kappa shape index (κ3) is 4.05. The van der Waals surface area contributed by atoms with Gasteiger partial charge in [-0.15, -0.1) is 0 Å². The SMILES string of the molecule is CCc1ccc(CN(C)CN2C(=O)C(=O)N(C3CCCCC3C)C2=O)cc1. The number of hydrogen-bond donors (Lipinski definition) is 0. The molecule has 1 heterocycles. The highest BCUT2D eigenvalue weighted by atomic mass is 16.2. The number of benzene rings is 1. The normalized spacial score (nSPS) is 23.6. The van der Waals surface area contributed by atoms with Gasteiger partial charge in [-0.1, -0.05) is 51.0 Å². The van der Waals surface area contributed by atoms with Crippen LogP contribution in [-0.4, -0.2) is 52.3 Å². The van der Waals surface area contributed by atoms with Crippen LogP contribution in [0.4, 0.5) is 4.79 Å². The number of hydrogen-bond acceptors (Lipinski definition) is 4. The van der Waals surface area contributed by atoms with Crippen LogP contribution in [0, 0.1) is 5.92 Å². The predicted molar refractivity (Wildman–Crippen MR) is 103 cm³/mol. The second-order valence-electron chi connectivity index (χ2n) is 7.85. The first kappa shape index (κ1) is 19.5. The van der Waals surface area contributed by atoms with Gasteiger partial charge in [0.15, 0.2) is 0 Å². The van der Waals surface area contributed by atoms with Gasteiger partial charge in [-0.05, 0) is 43.4 Å². The number of amides is 4. The molecule has 2 atom stereocenters. The number of carbonyl (C=O) groups is 3. The minimum atomic E-state index is -0.703. The van der Waals surface area contributed by atoms with Gasteiger partial charge in [0.1, 0.15) is 0 Å². The second kappa shape index (κ2) is 8.21. The van der Waals surface area contributed by atoms with Crippen molar-refractivity contribution in [3.8, 4) is 0 Å². The average molecular weight is 371 g/mol. The Balaban J connectivity index is 1.66. The molecule has 1 aliphatic heterocycles. The predicted octanol–water partition coefficient (Wildman–Crippen LogP) is 3.01. The third-order valence-electron chi connectivity index (χ3n) is 5.75. The number of nitrogens with zero attached hydrogens (tertiary/aromatic N) is 3. The Hall–Kier alpha value is -2.21. The molecule has 1 aromatic rings. The van der Waals surface area contributed by atoms with Gasteiger partial charge in [-0.25, -0.2) is 9.69 Å². The van der Waals surface area contributed by atoms with E-state index in [-0.39, 0.29) is 18.6 Å². The number of imide groups is 2. The molecule has 0 aromatic heterocycles. The van der Waals surface area contributed by atoms with Crippen LogP contribution in [0.1, 0.15) is 50.7 Å². The maximum atomic E-state index is 12.8. The fourth-order valence-electron chi connectivity index (χ4n) is 4.10. The van der Waals surface area contributed by atoms with Gasteiger partial charge in [-0.2, -0.15) is 0 Å². The zero-order chi connectivity index (χ0) is 19.6. The zero-order valence-corrected chi connectivity index (χ0v) is 16.5.